The van der Waals surface area contributed by atoms with Gasteiger partial charge in [-0.3, -0.25) is 14.4 Å². The Hall–Kier alpha value is -4.34. The highest BCUT2D eigenvalue weighted by Gasteiger charge is 2.34. The maximum atomic E-state index is 14.3. The molecule has 0 saturated carbocycles. The molecule has 0 aliphatic carbocycles. The Balaban J connectivity index is 1.65. The van der Waals surface area contributed by atoms with Crippen molar-refractivity contribution < 1.29 is 27.6 Å². The van der Waals surface area contributed by atoms with Crippen LogP contribution in [0.4, 0.5) is 13.2 Å². The summed E-state index contributed by atoms with van der Waals surface area (Å²) in [5, 5.41) is 9.63. The summed E-state index contributed by atoms with van der Waals surface area (Å²) >= 11 is 7.74. The Morgan fingerprint density at radius 1 is 0.925 bits per heavy atom. The number of halogens is 4. The Kier molecular flexibility index (Phi) is 13.6. The van der Waals surface area contributed by atoms with Crippen LogP contribution in [-0.2, 0) is 33.6 Å². The highest BCUT2D eigenvalue weighted by atomic mass is 35.5. The third kappa shape index (κ3) is 10.0. The number of H-pyrrole nitrogens is 1. The lowest BCUT2D eigenvalue weighted by atomic mass is 10.0. The van der Waals surface area contributed by atoms with E-state index in [4.69, 9.17) is 23.1 Å². The first-order chi connectivity index (χ1) is 25.4. The highest BCUT2D eigenvalue weighted by Crippen LogP contribution is 2.42. The second-order valence-corrected chi connectivity index (χ2v) is 14.2. The quantitative estimate of drug-likeness (QED) is 0.0958. The van der Waals surface area contributed by atoms with Gasteiger partial charge in [0, 0.05) is 52.6 Å². The molecule has 4 aromatic rings. The van der Waals surface area contributed by atoms with Gasteiger partial charge in [-0.1, -0.05) is 59.8 Å². The fraction of sp³-hybridized carbons (Fsp3) is 0.342. The number of alkyl halides is 3. The molecule has 3 amide bonds. The van der Waals surface area contributed by atoms with Gasteiger partial charge in [-0.25, -0.2) is 0 Å². The zero-order chi connectivity index (χ0) is 38.1. The van der Waals surface area contributed by atoms with Crippen molar-refractivity contribution in [1.82, 2.24) is 25.8 Å². The number of amides is 3. The van der Waals surface area contributed by atoms with Gasteiger partial charge >= 0.3 is 6.18 Å². The van der Waals surface area contributed by atoms with E-state index in [0.717, 1.165) is 40.4 Å². The molecule has 1 aromatic heterocycles. The fourth-order valence-electron chi connectivity index (χ4n) is 6.12. The van der Waals surface area contributed by atoms with Crippen molar-refractivity contribution in [3.63, 3.8) is 0 Å². The number of nitrogens with zero attached hydrogens (tertiary/aromatic N) is 1. The standard InChI is InChI=1S/C38H43ClF3N7O3S/c1-49-32(18-24-21-45-29-11-4-3-10-27(24)29)36(51)47-22-25-17-26(38(40,41)42)19-28(39)34(25)53-33-14-5-2-9-23(33)20-46-30(13-8-16-44)35(50)48-31(37(49)52)12-6-7-15-43/h2-5,9-11,14,17-19,21,30-31,45-46H,6-8,12-13,15-16,20,22,43-44H2,1H3,(H,47,51)(H,48,50)/b32-18-. The summed E-state index contributed by atoms with van der Waals surface area (Å²) in [7, 11) is 1.43. The minimum Gasteiger partial charge on any atom is -0.361 e. The van der Waals surface area contributed by atoms with Gasteiger partial charge in [0.05, 0.1) is 16.6 Å². The van der Waals surface area contributed by atoms with Gasteiger partial charge in [-0.05, 0) is 86.7 Å². The number of hydrogen-bond donors (Lipinski definition) is 6. The second kappa shape index (κ2) is 18.1. The van der Waals surface area contributed by atoms with Crippen LogP contribution in [0.1, 0.15) is 54.4 Å². The van der Waals surface area contributed by atoms with E-state index in [0.29, 0.717) is 54.1 Å². The monoisotopic (exact) mass is 769 g/mol. The van der Waals surface area contributed by atoms with E-state index in [1.165, 1.54) is 18.0 Å². The molecule has 3 aromatic carbocycles. The maximum Gasteiger partial charge on any atom is 0.416 e. The first kappa shape index (κ1) is 39.9. The Morgan fingerprint density at radius 3 is 2.40 bits per heavy atom. The summed E-state index contributed by atoms with van der Waals surface area (Å²) in [6.45, 7) is 0.611. The third-order valence-electron chi connectivity index (χ3n) is 9.02. The lowest BCUT2D eigenvalue weighted by molar-refractivity contribution is -0.137. The largest absolute Gasteiger partial charge is 0.416 e. The SMILES string of the molecule is CN1C(=O)C(CCCCN)NC(=O)C(CCCN)NCc2ccccc2Sc2c(Cl)cc(C(F)(F)F)cc2CNC(=O)/C1=C/c1c[nH]c2ccccc12. The third-order valence-corrected chi connectivity index (χ3v) is 10.7. The number of hydrogen-bond acceptors (Lipinski definition) is 7. The molecule has 0 radical (unpaired) electrons. The summed E-state index contributed by atoms with van der Waals surface area (Å²) in [6.07, 6.45) is 0.812. The smallest absolute Gasteiger partial charge is 0.361 e. The van der Waals surface area contributed by atoms with E-state index in [-0.39, 0.29) is 35.8 Å². The van der Waals surface area contributed by atoms with Crippen molar-refractivity contribution in [2.45, 2.75) is 73.2 Å². The Bertz CT molecular complexity index is 1970. The molecular formula is C38H43ClF3N7O3S. The van der Waals surface area contributed by atoms with Gasteiger partial charge in [0.25, 0.3) is 5.91 Å². The zero-order valence-electron chi connectivity index (χ0n) is 29.2. The van der Waals surface area contributed by atoms with Crippen LogP contribution in [0.25, 0.3) is 17.0 Å². The van der Waals surface area contributed by atoms with Gasteiger partial charge in [0.1, 0.15) is 11.7 Å². The number of unbranched alkanes of at least 4 members (excludes halogenated alkanes) is 1. The minimum absolute atomic E-state index is 0.0856. The van der Waals surface area contributed by atoms with E-state index in [1.807, 2.05) is 42.5 Å². The first-order valence-corrected chi connectivity index (χ1v) is 18.5. The topological polar surface area (TPSA) is 158 Å². The van der Waals surface area contributed by atoms with Crippen LogP contribution < -0.4 is 27.4 Å². The van der Waals surface area contributed by atoms with Crippen LogP contribution >= 0.6 is 23.4 Å². The molecule has 10 nitrogen and oxygen atoms in total. The summed E-state index contributed by atoms with van der Waals surface area (Å²) in [5.74, 6) is -1.69. The van der Waals surface area contributed by atoms with Crippen LogP contribution in [0.5, 0.6) is 0 Å². The van der Waals surface area contributed by atoms with E-state index in [1.54, 1.807) is 12.3 Å². The number of rotatable bonds is 8. The molecule has 282 valence electrons. The number of aromatic amines is 1. The molecule has 0 bridgehead atoms. The van der Waals surface area contributed by atoms with E-state index in [9.17, 15) is 27.6 Å². The predicted octanol–water partition coefficient (Wildman–Crippen LogP) is 5.93. The number of carbonyl (C=O) groups is 3. The molecule has 1 aliphatic heterocycles. The second-order valence-electron chi connectivity index (χ2n) is 12.8. The van der Waals surface area contributed by atoms with Crippen LogP contribution in [0.3, 0.4) is 0 Å². The molecule has 0 fully saturated rings. The molecular weight excluding hydrogens is 727 g/mol. The lowest BCUT2D eigenvalue weighted by Gasteiger charge is -2.28. The van der Waals surface area contributed by atoms with Crippen molar-refractivity contribution in [2.24, 2.45) is 11.5 Å². The van der Waals surface area contributed by atoms with Crippen molar-refractivity contribution >= 4 is 58.1 Å². The van der Waals surface area contributed by atoms with E-state index in [2.05, 4.69) is 20.9 Å². The summed E-state index contributed by atoms with van der Waals surface area (Å²) < 4.78 is 42.2. The number of fused-ring (bicyclic) bond motifs is 3. The molecule has 53 heavy (non-hydrogen) atoms. The fourth-order valence-corrected chi connectivity index (χ4v) is 7.53. The average molecular weight is 770 g/mol. The molecule has 2 unspecified atom stereocenters. The van der Waals surface area contributed by atoms with Crippen molar-refractivity contribution in [2.75, 3.05) is 20.1 Å². The Labute approximate surface area is 315 Å². The van der Waals surface area contributed by atoms with Gasteiger partial charge in [-0.2, -0.15) is 13.2 Å². The summed E-state index contributed by atoms with van der Waals surface area (Å²) in [6, 6.07) is 14.7. The molecule has 2 heterocycles. The summed E-state index contributed by atoms with van der Waals surface area (Å²) in [5.41, 5.74) is 12.8. The molecule has 5 rings (SSSR count). The van der Waals surface area contributed by atoms with Gasteiger partial charge in [-0.15, -0.1) is 0 Å². The number of aromatic nitrogens is 1. The first-order valence-electron chi connectivity index (χ1n) is 17.3. The van der Waals surface area contributed by atoms with E-state index >= 15 is 0 Å². The van der Waals surface area contributed by atoms with Gasteiger partial charge < -0.3 is 37.3 Å². The highest BCUT2D eigenvalue weighted by molar-refractivity contribution is 7.99. The van der Waals surface area contributed by atoms with Gasteiger partial charge in [0.15, 0.2) is 0 Å². The Morgan fingerprint density at radius 2 is 1.64 bits per heavy atom. The number of nitrogens with two attached hydrogens (primary N) is 2. The average Bonchev–Trinajstić information content (AvgIpc) is 3.55. The summed E-state index contributed by atoms with van der Waals surface area (Å²) in [4.78, 5) is 47.8. The van der Waals surface area contributed by atoms with Crippen molar-refractivity contribution in [3.05, 3.63) is 99.8 Å². The minimum atomic E-state index is -4.70. The van der Waals surface area contributed by atoms with Crippen LogP contribution in [0.2, 0.25) is 5.02 Å². The van der Waals surface area contributed by atoms with Crippen LogP contribution in [-0.4, -0.2) is 59.8 Å². The molecule has 8 N–H and O–H groups in total. The van der Waals surface area contributed by atoms with Crippen molar-refractivity contribution in [1.29, 1.82) is 0 Å². The number of para-hydroxylation sites is 1. The molecule has 1 aliphatic rings. The molecule has 2 atom stereocenters. The molecule has 0 spiro atoms. The lowest BCUT2D eigenvalue weighted by Crippen LogP contribution is -2.53. The number of carbonyl (C=O) groups excluding carboxylic acids is 3. The van der Waals surface area contributed by atoms with Gasteiger partial charge in [0.2, 0.25) is 11.8 Å². The van der Waals surface area contributed by atoms with Crippen LogP contribution in [0.15, 0.2) is 82.3 Å². The van der Waals surface area contributed by atoms with Crippen LogP contribution in [0, 0.1) is 0 Å². The zero-order valence-corrected chi connectivity index (χ0v) is 30.8. The predicted molar refractivity (Wildman–Crippen MR) is 202 cm³/mol. The molecule has 15 heteroatoms. The number of benzene rings is 3. The number of nitrogens with one attached hydrogen (secondary N) is 4. The van der Waals surface area contributed by atoms with Crippen molar-refractivity contribution in [3.8, 4) is 0 Å². The number of likely N-dealkylation sites (N-methyl/N-ethyl adjacent to an activating group) is 1. The molecule has 0 saturated heterocycles. The van der Waals surface area contributed by atoms with E-state index < -0.39 is 41.5 Å². The normalized spacial score (nSPS) is 18.7. The maximum absolute atomic E-state index is 14.3.